The highest BCUT2D eigenvalue weighted by molar-refractivity contribution is 5.87. The van der Waals surface area contributed by atoms with Crippen LogP contribution in [0.25, 0.3) is 0 Å². The quantitative estimate of drug-likeness (QED) is 0.252. The molecule has 1 heterocycles. The van der Waals surface area contributed by atoms with Gasteiger partial charge in [0, 0.05) is 29.2 Å². The molecular formula is C30H61N5O6. The second-order valence-electron chi connectivity index (χ2n) is 11.5. The number of rotatable bonds is 16. The zero-order chi connectivity index (χ0) is 31.9. The third-order valence-electron chi connectivity index (χ3n) is 8.01. The lowest BCUT2D eigenvalue weighted by Crippen LogP contribution is -2.55. The molecule has 242 valence electrons. The highest BCUT2D eigenvalue weighted by Gasteiger charge is 2.41. The third kappa shape index (κ3) is 11.5. The maximum atomic E-state index is 13.5. The molecule has 0 aromatic carbocycles. The van der Waals surface area contributed by atoms with Crippen LogP contribution in [0, 0.1) is 17.8 Å². The SMILES string of the molecule is CCC.CCC(C)C(C(CC(=O)N1CCC[C@H]1C(OC)C(C)C(N)=O)OC)N(C)C(=O)CNC(=O)C(NC)C(C)C.[HH]. The molecule has 0 aliphatic carbocycles. The number of nitrogens with zero attached hydrogens (tertiary/aromatic N) is 2. The summed E-state index contributed by atoms with van der Waals surface area (Å²) in [4.78, 5) is 54.4. The van der Waals surface area contributed by atoms with E-state index >= 15 is 0 Å². The standard InChI is InChI=1S/C27H51N5O6.C3H8.H2/c1-10-17(4)24(31(7)22(34)15-30-27(36)23(29-6)16(2)3)20(37-8)14-21(33)32-13-11-12-19(32)25(38-9)18(5)26(28)35;1-3-2;/h16-20,23-25,29H,10-15H2,1-9H3,(H2,28,35)(H,30,36);3H2,1-2H3;1H/t17?,18?,19-,20?,23?,24?,25?;;/m0../s1. The molecule has 6 unspecified atom stereocenters. The monoisotopic (exact) mass is 587 g/mol. The summed E-state index contributed by atoms with van der Waals surface area (Å²) in [7, 11) is 6.48. The Labute approximate surface area is 250 Å². The first kappa shape index (κ1) is 38.8. The van der Waals surface area contributed by atoms with Gasteiger partial charge in [-0.3, -0.25) is 19.2 Å². The van der Waals surface area contributed by atoms with Crippen molar-refractivity contribution in [1.82, 2.24) is 20.4 Å². The van der Waals surface area contributed by atoms with Gasteiger partial charge in [0.2, 0.25) is 23.6 Å². The number of likely N-dealkylation sites (N-methyl/N-ethyl adjacent to an activating group) is 2. The van der Waals surface area contributed by atoms with Crippen LogP contribution in [0.1, 0.15) is 82.0 Å². The zero-order valence-corrected chi connectivity index (χ0v) is 27.5. The first-order chi connectivity index (χ1) is 19.3. The summed E-state index contributed by atoms with van der Waals surface area (Å²) in [5.74, 6) is -1.51. The highest BCUT2D eigenvalue weighted by atomic mass is 16.5. The molecule has 1 aliphatic rings. The van der Waals surface area contributed by atoms with Crippen molar-refractivity contribution < 1.29 is 30.1 Å². The first-order valence-corrected chi connectivity index (χ1v) is 15.1. The lowest BCUT2D eigenvalue weighted by molar-refractivity contribution is -0.145. The highest BCUT2D eigenvalue weighted by Crippen LogP contribution is 2.29. The van der Waals surface area contributed by atoms with Gasteiger partial charge >= 0.3 is 0 Å². The number of hydrogen-bond donors (Lipinski definition) is 3. The van der Waals surface area contributed by atoms with Crippen molar-refractivity contribution in [3.8, 4) is 0 Å². The fraction of sp³-hybridized carbons (Fsp3) is 0.867. The number of carbonyl (C=O) groups is 4. The van der Waals surface area contributed by atoms with Crippen molar-refractivity contribution in [3.05, 3.63) is 0 Å². The molecule has 1 rings (SSSR count). The van der Waals surface area contributed by atoms with Gasteiger partial charge < -0.3 is 35.6 Å². The van der Waals surface area contributed by atoms with Crippen molar-refractivity contribution in [3.63, 3.8) is 0 Å². The Bertz CT molecular complexity index is 817. The molecule has 1 saturated heterocycles. The van der Waals surface area contributed by atoms with E-state index in [4.69, 9.17) is 15.2 Å². The second-order valence-corrected chi connectivity index (χ2v) is 11.5. The summed E-state index contributed by atoms with van der Waals surface area (Å²) in [6.07, 6.45) is 2.56. The normalized spacial score (nSPS) is 19.3. The summed E-state index contributed by atoms with van der Waals surface area (Å²) in [5, 5.41) is 5.71. The summed E-state index contributed by atoms with van der Waals surface area (Å²) in [5.41, 5.74) is 5.53. The van der Waals surface area contributed by atoms with Crippen LogP contribution in [-0.4, -0.2) is 105 Å². The van der Waals surface area contributed by atoms with Crippen molar-refractivity contribution in [2.24, 2.45) is 23.5 Å². The van der Waals surface area contributed by atoms with Crippen LogP contribution < -0.4 is 16.4 Å². The first-order valence-electron chi connectivity index (χ1n) is 15.1. The molecule has 4 N–H and O–H groups in total. The van der Waals surface area contributed by atoms with Gasteiger partial charge in [-0.25, -0.2) is 0 Å². The smallest absolute Gasteiger partial charge is 0.242 e. The van der Waals surface area contributed by atoms with Gasteiger partial charge in [0.05, 0.1) is 49.2 Å². The van der Waals surface area contributed by atoms with E-state index in [1.807, 2.05) is 27.7 Å². The molecule has 11 nitrogen and oxygen atoms in total. The summed E-state index contributed by atoms with van der Waals surface area (Å²) in [6.45, 7) is 14.3. The molecule has 0 spiro atoms. The Morgan fingerprint density at radius 2 is 1.66 bits per heavy atom. The number of likely N-dealkylation sites (tertiary alicyclic amines) is 1. The molecule has 0 radical (unpaired) electrons. The molecule has 7 atom stereocenters. The lowest BCUT2D eigenvalue weighted by atomic mass is 9.90. The number of carbonyl (C=O) groups excluding carboxylic acids is 4. The minimum atomic E-state index is -0.557. The summed E-state index contributed by atoms with van der Waals surface area (Å²) < 4.78 is 11.4. The Balaban J connectivity index is 0. The number of amides is 4. The summed E-state index contributed by atoms with van der Waals surface area (Å²) in [6, 6.07) is -1.04. The zero-order valence-electron chi connectivity index (χ0n) is 27.5. The van der Waals surface area contributed by atoms with Crippen LogP contribution >= 0.6 is 0 Å². The van der Waals surface area contributed by atoms with E-state index in [1.54, 1.807) is 37.9 Å². The number of primary amides is 1. The van der Waals surface area contributed by atoms with Crippen molar-refractivity contribution >= 4 is 23.6 Å². The minimum Gasteiger partial charge on any atom is -0.379 e. The van der Waals surface area contributed by atoms with Gasteiger partial charge in [-0.05, 0) is 31.7 Å². The molecular weight excluding hydrogens is 526 g/mol. The van der Waals surface area contributed by atoms with E-state index in [0.29, 0.717) is 6.54 Å². The Hall–Kier alpha value is -2.24. The maximum Gasteiger partial charge on any atom is 0.242 e. The Kier molecular flexibility index (Phi) is 18.7. The largest absolute Gasteiger partial charge is 0.379 e. The van der Waals surface area contributed by atoms with Crippen molar-refractivity contribution in [2.75, 3.05) is 41.4 Å². The predicted octanol–water partition coefficient (Wildman–Crippen LogP) is 2.41. The number of nitrogens with two attached hydrogens (primary N) is 1. The van der Waals surface area contributed by atoms with Gasteiger partial charge in [0.1, 0.15) is 0 Å². The minimum absolute atomic E-state index is 0. The topological polar surface area (TPSA) is 143 Å². The fourth-order valence-electron chi connectivity index (χ4n) is 5.50. The Morgan fingerprint density at radius 1 is 1.07 bits per heavy atom. The Morgan fingerprint density at radius 3 is 2.10 bits per heavy atom. The lowest BCUT2D eigenvalue weighted by Gasteiger charge is -2.39. The van der Waals surface area contributed by atoms with Crippen LogP contribution in [0.4, 0.5) is 0 Å². The van der Waals surface area contributed by atoms with Gasteiger partial charge in [0.15, 0.2) is 0 Å². The molecule has 4 amide bonds. The van der Waals surface area contributed by atoms with Crippen LogP contribution in [0.15, 0.2) is 0 Å². The van der Waals surface area contributed by atoms with Gasteiger partial charge in [-0.1, -0.05) is 61.3 Å². The van der Waals surface area contributed by atoms with E-state index < -0.39 is 30.1 Å². The van der Waals surface area contributed by atoms with E-state index in [2.05, 4.69) is 24.5 Å². The van der Waals surface area contributed by atoms with E-state index in [1.165, 1.54) is 13.5 Å². The number of ether oxygens (including phenoxy) is 2. The van der Waals surface area contributed by atoms with E-state index in [9.17, 15) is 19.2 Å². The maximum absolute atomic E-state index is 13.5. The molecule has 1 aliphatic heterocycles. The van der Waals surface area contributed by atoms with Gasteiger partial charge in [-0.2, -0.15) is 0 Å². The van der Waals surface area contributed by atoms with Crippen molar-refractivity contribution in [1.29, 1.82) is 0 Å². The van der Waals surface area contributed by atoms with Gasteiger partial charge in [0.25, 0.3) is 0 Å². The molecule has 0 bridgehead atoms. The third-order valence-corrected chi connectivity index (χ3v) is 8.01. The number of methoxy groups -OCH3 is 2. The molecule has 11 heteroatoms. The van der Waals surface area contributed by atoms with E-state index in [-0.39, 0.29) is 56.0 Å². The predicted molar refractivity (Wildman–Crippen MR) is 164 cm³/mol. The second kappa shape index (κ2) is 19.8. The van der Waals surface area contributed by atoms with Crippen LogP contribution in [-0.2, 0) is 28.7 Å². The van der Waals surface area contributed by atoms with Crippen molar-refractivity contribution in [2.45, 2.75) is 111 Å². The number of hydrogen-bond acceptors (Lipinski definition) is 7. The van der Waals surface area contributed by atoms with Crippen LogP contribution in [0.2, 0.25) is 0 Å². The molecule has 41 heavy (non-hydrogen) atoms. The number of nitrogens with one attached hydrogen (secondary N) is 2. The van der Waals surface area contributed by atoms with Crippen LogP contribution in [0.5, 0.6) is 0 Å². The molecule has 0 saturated carbocycles. The molecule has 0 aromatic heterocycles. The average molecular weight is 588 g/mol. The molecule has 1 fully saturated rings. The van der Waals surface area contributed by atoms with E-state index in [0.717, 1.165) is 19.3 Å². The fourth-order valence-corrected chi connectivity index (χ4v) is 5.50. The molecule has 0 aromatic rings. The van der Waals surface area contributed by atoms with Gasteiger partial charge in [-0.15, -0.1) is 0 Å². The summed E-state index contributed by atoms with van der Waals surface area (Å²) >= 11 is 0. The average Bonchev–Trinajstić information content (AvgIpc) is 3.41. The van der Waals surface area contributed by atoms with Crippen LogP contribution in [0.3, 0.4) is 0 Å².